The van der Waals surface area contributed by atoms with Gasteiger partial charge in [-0.3, -0.25) is 14.2 Å². The normalized spacial score (nSPS) is 11.6. The minimum atomic E-state index is -4.94. The Kier molecular flexibility index (Phi) is 11.3. The molecule has 0 aliphatic carbocycles. The van der Waals surface area contributed by atoms with Crippen molar-refractivity contribution < 1.29 is 44.6 Å². The van der Waals surface area contributed by atoms with E-state index in [-0.39, 0.29) is 60.8 Å². The predicted molar refractivity (Wildman–Crippen MR) is 171 cm³/mol. The van der Waals surface area contributed by atoms with Gasteiger partial charge in [0.2, 0.25) is 0 Å². The molecule has 26 heteroatoms. The van der Waals surface area contributed by atoms with Gasteiger partial charge in [0, 0.05) is 31.3 Å². The number of aromatic nitrogens is 10. The molecule has 4 aromatic heterocycles. The molecule has 0 aliphatic heterocycles. The van der Waals surface area contributed by atoms with Crippen LogP contribution in [0, 0.1) is 11.6 Å². The Morgan fingerprint density at radius 2 is 1.16 bits per heavy atom. The van der Waals surface area contributed by atoms with E-state index in [1.165, 1.54) is 39.7 Å². The van der Waals surface area contributed by atoms with Gasteiger partial charge in [-0.05, 0) is 12.1 Å². The van der Waals surface area contributed by atoms with Crippen molar-refractivity contribution in [3.8, 4) is 22.9 Å². The third-order valence-electron chi connectivity index (χ3n) is 6.97. The molecule has 0 saturated heterocycles. The summed E-state index contributed by atoms with van der Waals surface area (Å²) in [4.78, 5) is 57.2. The number of alkyl halides is 6. The third kappa shape index (κ3) is 8.92. The van der Waals surface area contributed by atoms with Gasteiger partial charge in [0.25, 0.3) is 11.1 Å². The van der Waals surface area contributed by atoms with Gasteiger partial charge in [0.15, 0.2) is 13.5 Å². The van der Waals surface area contributed by atoms with E-state index in [0.29, 0.717) is 0 Å². The summed E-state index contributed by atoms with van der Waals surface area (Å²) in [6.07, 6.45) is -4.74. The number of benzene rings is 2. The van der Waals surface area contributed by atoms with Gasteiger partial charge in [-0.15, -0.1) is 0 Å². The van der Waals surface area contributed by atoms with Crippen LogP contribution < -0.4 is 32.0 Å². The van der Waals surface area contributed by atoms with Crippen LogP contribution in [0.5, 0.6) is 11.5 Å². The van der Waals surface area contributed by atoms with E-state index in [2.05, 4.69) is 20.2 Å². The number of nitrogens with one attached hydrogen (secondary N) is 1. The zero-order valence-electron chi connectivity index (χ0n) is 26.9. The summed E-state index contributed by atoms with van der Waals surface area (Å²) in [6.45, 7) is -0.353. The van der Waals surface area contributed by atoms with Crippen molar-refractivity contribution in [2.75, 3.05) is 0 Å². The molecule has 0 atom stereocenters. The predicted octanol–water partition coefficient (Wildman–Crippen LogP) is 3.94. The molecule has 0 aliphatic rings. The Morgan fingerprint density at radius 3 is 1.58 bits per heavy atom. The minimum Gasteiger partial charge on any atom is -0.470 e. The maximum atomic E-state index is 14.4. The fourth-order valence-corrected chi connectivity index (χ4v) is 4.88. The van der Waals surface area contributed by atoms with Gasteiger partial charge < -0.3 is 14.5 Å². The summed E-state index contributed by atoms with van der Waals surface area (Å²) in [5, 5.41) is 7.18. The zero-order valence-corrected chi connectivity index (χ0v) is 28.5. The summed E-state index contributed by atoms with van der Waals surface area (Å²) >= 11 is 11.8. The van der Waals surface area contributed by atoms with E-state index in [0.717, 1.165) is 31.3 Å². The summed E-state index contributed by atoms with van der Waals surface area (Å²) in [5.74, 6) is -2.46. The number of nitrogens with zero attached hydrogens (tertiary/aromatic N) is 9. The molecular weight excluding hydrogens is 807 g/mol. The van der Waals surface area contributed by atoms with Crippen LogP contribution in [0.1, 0.15) is 11.4 Å². The highest BCUT2D eigenvalue weighted by Crippen LogP contribution is 2.32. The number of halogens is 10. The fourth-order valence-electron chi connectivity index (χ4n) is 4.47. The van der Waals surface area contributed by atoms with Gasteiger partial charge in [-0.25, -0.2) is 46.8 Å². The molecule has 6 aromatic rings. The largest absolute Gasteiger partial charge is 0.470 e. The first kappa shape index (κ1) is 39.9. The van der Waals surface area contributed by atoms with Gasteiger partial charge in [0.05, 0.1) is 21.4 Å². The Balaban J connectivity index is 0.000000211. The number of rotatable bonds is 8. The van der Waals surface area contributed by atoms with Crippen LogP contribution in [0.25, 0.3) is 11.4 Å². The van der Waals surface area contributed by atoms with Gasteiger partial charge in [-0.1, -0.05) is 23.2 Å². The Hall–Kier alpha value is -6.30. The van der Waals surface area contributed by atoms with Crippen LogP contribution in [0.2, 0.25) is 10.0 Å². The van der Waals surface area contributed by atoms with Crippen molar-refractivity contribution in [1.82, 2.24) is 48.2 Å². The minimum absolute atomic E-state index is 0.123. The summed E-state index contributed by atoms with van der Waals surface area (Å²) in [6, 6.07) is 3.73. The van der Waals surface area contributed by atoms with E-state index in [9.17, 15) is 54.3 Å². The number of hydrogen-bond donors (Lipinski definition) is 1. The van der Waals surface area contributed by atoms with Crippen molar-refractivity contribution in [1.29, 1.82) is 0 Å². The van der Waals surface area contributed by atoms with Crippen LogP contribution in [-0.2, 0) is 32.9 Å². The SMILES string of the molecule is Cn1c(C(F)(F)F)cc(=O)n(-c2cc(OCn3cncn3)c(Cl)cc2F)c1=O.O=c1cc(C(F)(F)F)[nH]c(=O)n1-c1cc(OCn2cncn2)c(Cl)cc1F. The highest BCUT2D eigenvalue weighted by Gasteiger charge is 2.35. The Morgan fingerprint density at radius 1 is 0.691 bits per heavy atom. The molecule has 16 nitrogen and oxygen atoms in total. The summed E-state index contributed by atoms with van der Waals surface area (Å²) in [7, 11) is 0.817. The number of ether oxygens (including phenoxy) is 2. The summed E-state index contributed by atoms with van der Waals surface area (Å²) in [5.41, 5.74) is -9.86. The Labute approximate surface area is 308 Å². The van der Waals surface area contributed by atoms with Crippen molar-refractivity contribution >= 4 is 23.2 Å². The van der Waals surface area contributed by atoms with Crippen molar-refractivity contribution in [2.24, 2.45) is 7.05 Å². The van der Waals surface area contributed by atoms with Crippen LogP contribution in [-0.4, -0.2) is 48.2 Å². The van der Waals surface area contributed by atoms with Gasteiger partial charge >= 0.3 is 23.7 Å². The molecular formula is C29H18Cl2F8N10O6. The molecule has 4 heterocycles. The van der Waals surface area contributed by atoms with Crippen LogP contribution in [0.4, 0.5) is 35.1 Å². The number of aromatic amines is 1. The second-order valence-corrected chi connectivity index (χ2v) is 11.4. The molecule has 0 unspecified atom stereocenters. The van der Waals surface area contributed by atoms with Crippen molar-refractivity contribution in [3.05, 3.63) is 136 Å². The lowest BCUT2D eigenvalue weighted by Crippen LogP contribution is -2.41. The molecule has 0 saturated carbocycles. The smallest absolute Gasteiger partial charge is 0.431 e. The molecule has 1 N–H and O–H groups in total. The van der Waals surface area contributed by atoms with Crippen molar-refractivity contribution in [3.63, 3.8) is 0 Å². The highest BCUT2D eigenvalue weighted by molar-refractivity contribution is 6.32. The lowest BCUT2D eigenvalue weighted by molar-refractivity contribution is -0.144. The second kappa shape index (κ2) is 15.6. The standard InChI is InChI=1S/C15H10ClF4N5O3.C14H8ClF4N5O3/c1-23-12(15(18,19)20)4-13(26)25(14(23)27)10-3-11(8(16)2-9(10)17)28-7-24-6-21-5-22-24;15-7-1-8(16)9(2-10(7)27-6-23-5-20-4-21-23)24-12(25)3-11(14(17,18)19)22-13(24)26/h2-6H,7H2,1H3;1-5H,6H2,(H,22,26). The average Bonchev–Trinajstić information content (AvgIpc) is 3.81. The topological polar surface area (TPSA) is 179 Å². The first-order valence-corrected chi connectivity index (χ1v) is 15.2. The van der Waals surface area contributed by atoms with E-state index in [1.54, 1.807) is 0 Å². The first-order chi connectivity index (χ1) is 25.8. The maximum absolute atomic E-state index is 14.4. The third-order valence-corrected chi connectivity index (χ3v) is 7.56. The number of H-pyrrole nitrogens is 1. The molecule has 0 radical (unpaired) electrons. The average molecular weight is 825 g/mol. The molecule has 0 fully saturated rings. The fraction of sp³-hybridized carbons (Fsp3) is 0.172. The number of hydrogen-bond acceptors (Lipinski definition) is 10. The van der Waals surface area contributed by atoms with E-state index >= 15 is 0 Å². The molecule has 290 valence electrons. The van der Waals surface area contributed by atoms with E-state index in [4.69, 9.17) is 32.7 Å². The molecule has 55 heavy (non-hydrogen) atoms. The van der Waals surface area contributed by atoms with Crippen LogP contribution in [0.15, 0.2) is 80.9 Å². The Bertz CT molecular complexity index is 2560. The molecule has 0 bridgehead atoms. The van der Waals surface area contributed by atoms with Crippen LogP contribution >= 0.6 is 23.2 Å². The maximum Gasteiger partial charge on any atom is 0.431 e. The van der Waals surface area contributed by atoms with E-state index in [1.807, 2.05) is 0 Å². The molecule has 0 amide bonds. The second-order valence-electron chi connectivity index (χ2n) is 10.6. The van der Waals surface area contributed by atoms with E-state index < -0.39 is 69.2 Å². The van der Waals surface area contributed by atoms with Crippen molar-refractivity contribution in [2.45, 2.75) is 25.8 Å². The van der Waals surface area contributed by atoms with Gasteiger partial charge in [-0.2, -0.15) is 36.5 Å². The lowest BCUT2D eigenvalue weighted by atomic mass is 10.2. The summed E-state index contributed by atoms with van der Waals surface area (Å²) < 4.78 is 119. The lowest BCUT2D eigenvalue weighted by Gasteiger charge is -2.15. The van der Waals surface area contributed by atoms with Gasteiger partial charge in [0.1, 0.15) is 59.8 Å². The monoisotopic (exact) mass is 824 g/mol. The molecule has 6 rings (SSSR count). The quantitative estimate of drug-likeness (QED) is 0.221. The molecule has 0 spiro atoms. The first-order valence-electron chi connectivity index (χ1n) is 14.5. The molecule has 2 aromatic carbocycles. The zero-order chi connectivity index (χ0) is 40.4. The highest BCUT2D eigenvalue weighted by atomic mass is 35.5. The van der Waals surface area contributed by atoms with Crippen LogP contribution in [0.3, 0.4) is 0 Å².